The number of amides is 2. The van der Waals surface area contributed by atoms with Crippen molar-refractivity contribution in [2.75, 3.05) is 11.9 Å². The molecule has 8 heteroatoms. The first-order chi connectivity index (χ1) is 14.6. The number of halogens is 2. The zero-order chi connectivity index (χ0) is 20.7. The molecule has 2 aromatic carbocycles. The van der Waals surface area contributed by atoms with Gasteiger partial charge in [-0.25, -0.2) is 18.6 Å². The van der Waals surface area contributed by atoms with Crippen molar-refractivity contribution in [3.05, 3.63) is 78.0 Å². The first-order valence-corrected chi connectivity index (χ1v) is 9.47. The molecule has 2 amide bonds. The molecule has 152 valence electrons. The molecular weight excluding hydrogens is 392 g/mol. The SMILES string of the molecule is O=C(Nc1ccc(Oc2ccccc2)cn1)NC1[C@H]2COc3c(F)ccc(F)c3[C@@H]12. The minimum atomic E-state index is -0.595. The van der Waals surface area contributed by atoms with Gasteiger partial charge in [0.25, 0.3) is 0 Å². The lowest BCUT2D eigenvalue weighted by Crippen LogP contribution is -2.32. The van der Waals surface area contributed by atoms with Crippen molar-refractivity contribution >= 4 is 11.8 Å². The van der Waals surface area contributed by atoms with Crippen LogP contribution in [0.4, 0.5) is 19.4 Å². The molecule has 1 unspecified atom stereocenters. The molecule has 1 aliphatic heterocycles. The molecule has 0 spiro atoms. The maximum Gasteiger partial charge on any atom is 0.320 e. The summed E-state index contributed by atoms with van der Waals surface area (Å²) in [6.45, 7) is 0.229. The molecule has 0 saturated heterocycles. The summed E-state index contributed by atoms with van der Waals surface area (Å²) in [4.78, 5) is 16.5. The molecule has 1 fully saturated rings. The van der Waals surface area contributed by atoms with Gasteiger partial charge in [-0.05, 0) is 36.4 Å². The van der Waals surface area contributed by atoms with Gasteiger partial charge in [0.15, 0.2) is 11.6 Å². The van der Waals surface area contributed by atoms with Gasteiger partial charge >= 0.3 is 6.03 Å². The standard InChI is InChI=1S/C22H17F2N3O3/c23-15-7-8-16(24)21-19(15)18-14(11-29-21)20(18)27-22(28)26-17-9-6-13(10-25-17)30-12-4-2-1-3-5-12/h1-10,14,18,20H,11H2,(H2,25,26,27,28)/t14-,18-,20?/m0/s1. The van der Waals surface area contributed by atoms with Crippen LogP contribution in [0.5, 0.6) is 17.2 Å². The van der Waals surface area contributed by atoms with Gasteiger partial charge in [0.1, 0.15) is 23.1 Å². The van der Waals surface area contributed by atoms with E-state index in [0.29, 0.717) is 17.3 Å². The van der Waals surface area contributed by atoms with Crippen molar-refractivity contribution in [1.82, 2.24) is 10.3 Å². The van der Waals surface area contributed by atoms with Crippen molar-refractivity contribution in [1.29, 1.82) is 0 Å². The monoisotopic (exact) mass is 409 g/mol. The third-order valence-electron chi connectivity index (χ3n) is 5.27. The van der Waals surface area contributed by atoms with Crippen molar-refractivity contribution in [3.8, 4) is 17.2 Å². The molecule has 30 heavy (non-hydrogen) atoms. The Morgan fingerprint density at radius 3 is 2.60 bits per heavy atom. The normalized spacial score (nSPS) is 20.9. The highest BCUT2D eigenvalue weighted by molar-refractivity contribution is 5.89. The Bertz CT molecular complexity index is 1090. The Morgan fingerprint density at radius 1 is 1.03 bits per heavy atom. The zero-order valence-electron chi connectivity index (χ0n) is 15.6. The van der Waals surface area contributed by atoms with Crippen LogP contribution in [-0.4, -0.2) is 23.7 Å². The van der Waals surface area contributed by atoms with Gasteiger partial charge in [-0.15, -0.1) is 0 Å². The van der Waals surface area contributed by atoms with Gasteiger partial charge in [0.05, 0.1) is 12.8 Å². The first kappa shape index (κ1) is 18.4. The minimum Gasteiger partial charge on any atom is -0.490 e. The summed E-state index contributed by atoms with van der Waals surface area (Å²) in [5.74, 6) is -0.0173. The molecule has 2 N–H and O–H groups in total. The molecule has 2 heterocycles. The predicted octanol–water partition coefficient (Wildman–Crippen LogP) is 4.45. The lowest BCUT2D eigenvalue weighted by Gasteiger charge is -2.16. The van der Waals surface area contributed by atoms with Crippen LogP contribution in [-0.2, 0) is 0 Å². The van der Waals surface area contributed by atoms with Crippen LogP contribution in [0.25, 0.3) is 0 Å². The van der Waals surface area contributed by atoms with Gasteiger partial charge in [-0.1, -0.05) is 18.2 Å². The van der Waals surface area contributed by atoms with Crippen molar-refractivity contribution < 1.29 is 23.0 Å². The maximum absolute atomic E-state index is 14.2. The van der Waals surface area contributed by atoms with Crippen LogP contribution in [0.2, 0.25) is 0 Å². The second-order valence-electron chi connectivity index (χ2n) is 7.19. The average Bonchev–Trinajstić information content (AvgIpc) is 3.45. The summed E-state index contributed by atoms with van der Waals surface area (Å²) in [5.41, 5.74) is 0.192. The molecule has 1 saturated carbocycles. The largest absolute Gasteiger partial charge is 0.490 e. The maximum atomic E-state index is 14.2. The number of nitrogens with one attached hydrogen (secondary N) is 2. The summed E-state index contributed by atoms with van der Waals surface area (Å²) >= 11 is 0. The van der Waals surface area contributed by atoms with Gasteiger partial charge in [0.2, 0.25) is 0 Å². The summed E-state index contributed by atoms with van der Waals surface area (Å²) in [5, 5.41) is 5.43. The fourth-order valence-corrected chi connectivity index (χ4v) is 3.80. The number of aromatic nitrogens is 1. The number of hydrogen-bond acceptors (Lipinski definition) is 4. The minimum absolute atomic E-state index is 0.0587. The Kier molecular flexibility index (Phi) is 4.46. The molecule has 1 aliphatic carbocycles. The van der Waals surface area contributed by atoms with E-state index in [1.165, 1.54) is 6.20 Å². The second-order valence-corrected chi connectivity index (χ2v) is 7.19. The van der Waals surface area contributed by atoms with Crippen LogP contribution >= 0.6 is 0 Å². The highest BCUT2D eigenvalue weighted by Gasteiger charge is 2.57. The number of benzene rings is 2. The summed E-state index contributed by atoms with van der Waals surface area (Å²) < 4.78 is 39.1. The van der Waals surface area contributed by atoms with Crippen LogP contribution in [0.1, 0.15) is 11.5 Å². The summed E-state index contributed by atoms with van der Waals surface area (Å²) in [7, 11) is 0. The van der Waals surface area contributed by atoms with Gasteiger partial charge in [0, 0.05) is 23.4 Å². The number of ether oxygens (including phenoxy) is 2. The van der Waals surface area contributed by atoms with Crippen molar-refractivity contribution in [3.63, 3.8) is 0 Å². The topological polar surface area (TPSA) is 72.5 Å². The number of hydrogen-bond donors (Lipinski definition) is 2. The smallest absolute Gasteiger partial charge is 0.320 e. The van der Waals surface area contributed by atoms with E-state index in [2.05, 4.69) is 15.6 Å². The number of rotatable bonds is 4. The Morgan fingerprint density at radius 2 is 1.83 bits per heavy atom. The van der Waals surface area contributed by atoms with E-state index in [0.717, 1.165) is 12.1 Å². The number of carbonyl (C=O) groups excluding carboxylic acids is 1. The molecule has 2 aliphatic rings. The Hall–Kier alpha value is -3.68. The second kappa shape index (κ2) is 7.29. The average molecular weight is 409 g/mol. The van der Waals surface area contributed by atoms with E-state index in [1.807, 2.05) is 30.3 Å². The highest BCUT2D eigenvalue weighted by atomic mass is 19.1. The Balaban J connectivity index is 1.21. The fraction of sp³-hybridized carbons (Fsp3) is 0.182. The molecule has 1 aromatic heterocycles. The lowest BCUT2D eigenvalue weighted by molar-refractivity contribution is 0.247. The van der Waals surface area contributed by atoms with Crippen LogP contribution in [0, 0.1) is 17.6 Å². The number of anilines is 1. The van der Waals surface area contributed by atoms with Crippen molar-refractivity contribution in [2.24, 2.45) is 5.92 Å². The molecular formula is C22H17F2N3O3. The molecule has 6 nitrogen and oxygen atoms in total. The van der Waals surface area contributed by atoms with Crippen LogP contribution in [0.15, 0.2) is 60.8 Å². The van der Waals surface area contributed by atoms with E-state index in [9.17, 15) is 13.6 Å². The number of para-hydroxylation sites is 1. The van der Waals surface area contributed by atoms with Gasteiger partial charge < -0.3 is 14.8 Å². The Labute approximate surface area is 170 Å². The number of fused-ring (bicyclic) bond motifs is 3. The van der Waals surface area contributed by atoms with Gasteiger partial charge in [-0.2, -0.15) is 0 Å². The fourth-order valence-electron chi connectivity index (χ4n) is 3.80. The third kappa shape index (κ3) is 3.41. The molecule has 0 radical (unpaired) electrons. The van der Waals surface area contributed by atoms with Crippen molar-refractivity contribution in [2.45, 2.75) is 12.0 Å². The van der Waals surface area contributed by atoms with E-state index < -0.39 is 17.7 Å². The number of nitrogens with zero attached hydrogens (tertiary/aromatic N) is 1. The molecule has 3 atom stereocenters. The summed E-state index contributed by atoms with van der Waals surface area (Å²) in [6, 6.07) is 13.9. The van der Waals surface area contributed by atoms with E-state index in [-0.39, 0.29) is 35.8 Å². The molecule has 5 rings (SSSR count). The quantitative estimate of drug-likeness (QED) is 0.668. The number of urea groups is 1. The molecule has 3 aromatic rings. The highest BCUT2D eigenvalue weighted by Crippen LogP contribution is 2.55. The zero-order valence-corrected chi connectivity index (χ0v) is 15.6. The van der Waals surface area contributed by atoms with E-state index in [4.69, 9.17) is 9.47 Å². The first-order valence-electron chi connectivity index (χ1n) is 9.47. The number of pyridine rings is 1. The number of carbonyl (C=O) groups is 1. The van der Waals surface area contributed by atoms with Crippen LogP contribution < -0.4 is 20.1 Å². The third-order valence-corrected chi connectivity index (χ3v) is 5.27. The van der Waals surface area contributed by atoms with E-state index >= 15 is 0 Å². The van der Waals surface area contributed by atoms with E-state index in [1.54, 1.807) is 12.1 Å². The predicted molar refractivity (Wildman–Crippen MR) is 105 cm³/mol. The summed E-state index contributed by atoms with van der Waals surface area (Å²) in [6.07, 6.45) is 1.50. The lowest BCUT2D eigenvalue weighted by atomic mass is 10.0. The van der Waals surface area contributed by atoms with Crippen LogP contribution in [0.3, 0.4) is 0 Å². The van der Waals surface area contributed by atoms with Gasteiger partial charge in [-0.3, -0.25) is 5.32 Å². The molecule has 0 bridgehead atoms.